The zero-order valence-electron chi connectivity index (χ0n) is 14.0. The van der Waals surface area contributed by atoms with E-state index in [9.17, 15) is 5.11 Å². The lowest BCUT2D eigenvalue weighted by atomic mass is 9.90. The van der Waals surface area contributed by atoms with Crippen LogP contribution >= 0.6 is 0 Å². The molecule has 0 spiro atoms. The molecule has 1 aromatic carbocycles. The van der Waals surface area contributed by atoms with Crippen molar-refractivity contribution in [3.05, 3.63) is 36.2 Å². The van der Waals surface area contributed by atoms with E-state index in [0.29, 0.717) is 5.82 Å². The number of hydrogen-bond donors (Lipinski definition) is 2. The maximum absolute atomic E-state index is 9.45. The van der Waals surface area contributed by atoms with Gasteiger partial charge >= 0.3 is 0 Å². The number of aromatic nitrogens is 2. The highest BCUT2D eigenvalue weighted by molar-refractivity contribution is 5.61. The minimum absolute atomic E-state index is 0.0607. The van der Waals surface area contributed by atoms with Crippen molar-refractivity contribution in [3.8, 4) is 17.1 Å². The van der Waals surface area contributed by atoms with E-state index < -0.39 is 0 Å². The van der Waals surface area contributed by atoms with Crippen LogP contribution in [0.3, 0.4) is 0 Å². The van der Waals surface area contributed by atoms with Crippen LogP contribution in [0.25, 0.3) is 11.4 Å². The van der Waals surface area contributed by atoms with E-state index in [1.807, 2.05) is 18.3 Å². The summed E-state index contributed by atoms with van der Waals surface area (Å²) in [5.74, 6) is 0.955. The van der Waals surface area contributed by atoms with Gasteiger partial charge in [0.05, 0.1) is 17.6 Å². The molecule has 0 bridgehead atoms. The summed E-state index contributed by atoms with van der Waals surface area (Å²) < 4.78 is 0. The molecular formula is C18H24N4O. The van der Waals surface area contributed by atoms with Gasteiger partial charge in [0.25, 0.3) is 0 Å². The third-order valence-electron chi connectivity index (χ3n) is 4.06. The van der Waals surface area contributed by atoms with E-state index in [1.165, 1.54) is 0 Å². The summed E-state index contributed by atoms with van der Waals surface area (Å²) in [6.07, 6.45) is 1.95. The Hall–Kier alpha value is -2.14. The lowest BCUT2D eigenvalue weighted by molar-refractivity contribution is 0.475. The first kappa shape index (κ1) is 15.7. The summed E-state index contributed by atoms with van der Waals surface area (Å²) in [5, 5.41) is 12.8. The number of anilines is 1. The van der Waals surface area contributed by atoms with Gasteiger partial charge in [-0.2, -0.15) is 0 Å². The minimum atomic E-state index is -0.0607. The third kappa shape index (κ3) is 3.45. The molecule has 2 N–H and O–H groups in total. The topological polar surface area (TPSA) is 61.3 Å². The Bertz CT molecular complexity index is 670. The van der Waals surface area contributed by atoms with Crippen LogP contribution in [0.2, 0.25) is 0 Å². The first-order valence-electron chi connectivity index (χ1n) is 8.08. The second-order valence-corrected chi connectivity index (χ2v) is 6.96. The molecular weight excluding hydrogens is 288 g/mol. The van der Waals surface area contributed by atoms with Crippen molar-refractivity contribution in [2.24, 2.45) is 0 Å². The first-order chi connectivity index (χ1) is 10.9. The predicted molar refractivity (Wildman–Crippen MR) is 92.9 cm³/mol. The molecule has 1 saturated heterocycles. The first-order valence-corrected chi connectivity index (χ1v) is 8.08. The van der Waals surface area contributed by atoms with Gasteiger partial charge in [0.1, 0.15) is 5.75 Å². The van der Waals surface area contributed by atoms with Crippen molar-refractivity contribution >= 4 is 5.69 Å². The second-order valence-electron chi connectivity index (χ2n) is 6.96. The Kier molecular flexibility index (Phi) is 4.22. The summed E-state index contributed by atoms with van der Waals surface area (Å²) in [4.78, 5) is 11.8. The average molecular weight is 312 g/mol. The molecule has 0 amide bonds. The zero-order valence-corrected chi connectivity index (χ0v) is 14.0. The van der Waals surface area contributed by atoms with Crippen molar-refractivity contribution in [3.63, 3.8) is 0 Å². The van der Waals surface area contributed by atoms with Crippen LogP contribution < -0.4 is 10.2 Å². The molecule has 3 rings (SSSR count). The number of nitrogens with zero attached hydrogens (tertiary/aromatic N) is 3. The van der Waals surface area contributed by atoms with Gasteiger partial charge in [-0.15, -0.1) is 0 Å². The lowest BCUT2D eigenvalue weighted by Crippen LogP contribution is -2.44. The number of rotatable bonds is 2. The van der Waals surface area contributed by atoms with Crippen LogP contribution in [0.4, 0.5) is 5.69 Å². The summed E-state index contributed by atoms with van der Waals surface area (Å²) in [7, 11) is 0. The van der Waals surface area contributed by atoms with Crippen molar-refractivity contribution < 1.29 is 5.11 Å². The molecule has 0 aliphatic carbocycles. The Morgan fingerprint density at radius 2 is 1.74 bits per heavy atom. The number of phenolic OH excluding ortho intramolecular Hbond substituents is 1. The van der Waals surface area contributed by atoms with E-state index >= 15 is 0 Å². The number of piperazine rings is 1. The van der Waals surface area contributed by atoms with Crippen LogP contribution in [-0.2, 0) is 5.41 Å². The second kappa shape index (κ2) is 6.16. The molecule has 1 aliphatic rings. The fraction of sp³-hybridized carbons (Fsp3) is 0.444. The van der Waals surface area contributed by atoms with Crippen LogP contribution in [0.5, 0.6) is 5.75 Å². The molecule has 0 unspecified atom stereocenters. The molecule has 0 saturated carbocycles. The highest BCUT2D eigenvalue weighted by Crippen LogP contribution is 2.32. The van der Waals surface area contributed by atoms with Gasteiger partial charge in [-0.1, -0.05) is 20.8 Å². The number of benzene rings is 1. The van der Waals surface area contributed by atoms with E-state index in [-0.39, 0.29) is 11.2 Å². The van der Waals surface area contributed by atoms with Crippen molar-refractivity contribution in [1.29, 1.82) is 0 Å². The highest BCUT2D eigenvalue weighted by Gasteiger charge is 2.25. The van der Waals surface area contributed by atoms with E-state index in [0.717, 1.165) is 43.1 Å². The van der Waals surface area contributed by atoms with Gasteiger partial charge in [-0.25, -0.2) is 9.97 Å². The molecule has 0 atom stereocenters. The normalized spacial score (nSPS) is 15.7. The van der Waals surface area contributed by atoms with E-state index in [2.05, 4.69) is 36.0 Å². The molecule has 1 aromatic heterocycles. The Balaban J connectivity index is 2.03. The fourth-order valence-electron chi connectivity index (χ4n) is 2.81. The largest absolute Gasteiger partial charge is 0.508 e. The smallest absolute Gasteiger partial charge is 0.159 e. The highest BCUT2D eigenvalue weighted by atomic mass is 16.3. The maximum atomic E-state index is 9.45. The van der Waals surface area contributed by atoms with E-state index in [1.54, 1.807) is 12.1 Å². The van der Waals surface area contributed by atoms with Gasteiger partial charge < -0.3 is 15.3 Å². The maximum Gasteiger partial charge on any atom is 0.159 e. The average Bonchev–Trinajstić information content (AvgIpc) is 2.55. The number of hydrogen-bond acceptors (Lipinski definition) is 5. The number of nitrogens with one attached hydrogen (secondary N) is 1. The Morgan fingerprint density at radius 3 is 2.35 bits per heavy atom. The van der Waals surface area contributed by atoms with Crippen LogP contribution in [0.1, 0.15) is 26.5 Å². The van der Waals surface area contributed by atoms with E-state index in [4.69, 9.17) is 4.98 Å². The van der Waals surface area contributed by atoms with Gasteiger partial charge in [-0.3, -0.25) is 0 Å². The van der Waals surface area contributed by atoms with Gasteiger partial charge in [0.15, 0.2) is 5.82 Å². The number of phenols is 1. The Morgan fingerprint density at radius 1 is 1.09 bits per heavy atom. The SMILES string of the molecule is CC(C)(C)c1nc(-c2ccc(O)cc2)ncc1N1CCNCC1. The summed E-state index contributed by atoms with van der Waals surface area (Å²) in [6.45, 7) is 10.5. The van der Waals surface area contributed by atoms with Crippen molar-refractivity contribution in [2.75, 3.05) is 31.1 Å². The lowest BCUT2D eigenvalue weighted by Gasteiger charge is -2.33. The van der Waals surface area contributed by atoms with Gasteiger partial charge in [-0.05, 0) is 24.3 Å². The van der Waals surface area contributed by atoms with Crippen LogP contribution in [0.15, 0.2) is 30.5 Å². The standard InChI is InChI=1S/C18H24N4O/c1-18(2,3)16-15(22-10-8-19-9-11-22)12-20-17(21-16)13-4-6-14(23)7-5-13/h4-7,12,19,23H,8-11H2,1-3H3. The zero-order chi connectivity index (χ0) is 16.4. The van der Waals surface area contributed by atoms with Gasteiger partial charge in [0.2, 0.25) is 0 Å². The quantitative estimate of drug-likeness (QED) is 0.892. The summed E-state index contributed by atoms with van der Waals surface area (Å²) in [5.41, 5.74) is 3.05. The summed E-state index contributed by atoms with van der Waals surface area (Å²) >= 11 is 0. The van der Waals surface area contributed by atoms with Crippen molar-refractivity contribution in [2.45, 2.75) is 26.2 Å². The molecule has 0 radical (unpaired) electrons. The molecule has 1 fully saturated rings. The van der Waals surface area contributed by atoms with Crippen LogP contribution in [-0.4, -0.2) is 41.3 Å². The molecule has 122 valence electrons. The molecule has 23 heavy (non-hydrogen) atoms. The molecule has 2 aromatic rings. The van der Waals surface area contributed by atoms with Crippen LogP contribution in [0, 0.1) is 0 Å². The Labute approximate surface area is 137 Å². The fourth-order valence-corrected chi connectivity index (χ4v) is 2.81. The van der Waals surface area contributed by atoms with Crippen molar-refractivity contribution in [1.82, 2.24) is 15.3 Å². The molecule has 1 aliphatic heterocycles. The third-order valence-corrected chi connectivity index (χ3v) is 4.06. The summed E-state index contributed by atoms with van der Waals surface area (Å²) in [6, 6.07) is 7.03. The monoisotopic (exact) mass is 312 g/mol. The molecule has 5 heteroatoms. The minimum Gasteiger partial charge on any atom is -0.508 e. The molecule has 5 nitrogen and oxygen atoms in total. The predicted octanol–water partition coefficient (Wildman–Crippen LogP) is 2.56. The number of aromatic hydroxyl groups is 1. The molecule has 2 heterocycles. The van der Waals surface area contributed by atoms with Gasteiger partial charge in [0, 0.05) is 37.2 Å².